The van der Waals surface area contributed by atoms with Crippen LogP contribution in [0.2, 0.25) is 0 Å². The van der Waals surface area contributed by atoms with Crippen LogP contribution < -0.4 is 4.74 Å². The van der Waals surface area contributed by atoms with E-state index in [0.717, 1.165) is 12.8 Å². The lowest BCUT2D eigenvalue weighted by molar-refractivity contribution is 0.0251. The minimum absolute atomic E-state index is 0.0224. The molecule has 1 heterocycles. The maximum absolute atomic E-state index is 13.9. The molecule has 0 radical (unpaired) electrons. The SMILES string of the molecule is CCC(=O)c1c(F)cc(Br)cc1OC1CCOCC1. The van der Waals surface area contributed by atoms with E-state index in [1.54, 1.807) is 13.0 Å². The van der Waals surface area contributed by atoms with Gasteiger partial charge >= 0.3 is 0 Å². The molecule has 2 rings (SSSR count). The third-order valence-corrected chi connectivity index (χ3v) is 3.54. The number of rotatable bonds is 4. The van der Waals surface area contributed by atoms with Gasteiger partial charge in [-0.05, 0) is 12.1 Å². The number of halogens is 2. The summed E-state index contributed by atoms with van der Waals surface area (Å²) < 4.78 is 25.6. The number of hydrogen-bond acceptors (Lipinski definition) is 3. The summed E-state index contributed by atoms with van der Waals surface area (Å²) in [6.07, 6.45) is 1.75. The Hall–Kier alpha value is -0.940. The molecule has 5 heteroatoms. The Morgan fingerprint density at radius 3 is 2.79 bits per heavy atom. The first-order valence-electron chi connectivity index (χ1n) is 6.38. The quantitative estimate of drug-likeness (QED) is 0.789. The highest BCUT2D eigenvalue weighted by Gasteiger charge is 2.22. The monoisotopic (exact) mass is 330 g/mol. The Labute approximate surface area is 120 Å². The van der Waals surface area contributed by atoms with Crippen LogP contribution in [-0.2, 0) is 4.74 Å². The predicted octanol–water partition coefficient (Wildman–Crippen LogP) is 3.74. The second-order valence-electron chi connectivity index (χ2n) is 4.47. The third kappa shape index (κ3) is 3.54. The van der Waals surface area contributed by atoms with E-state index in [1.807, 2.05) is 0 Å². The fraction of sp³-hybridized carbons (Fsp3) is 0.500. The van der Waals surface area contributed by atoms with Gasteiger partial charge in [-0.1, -0.05) is 22.9 Å². The second-order valence-corrected chi connectivity index (χ2v) is 5.38. The molecule has 1 aliphatic heterocycles. The van der Waals surface area contributed by atoms with Crippen molar-refractivity contribution >= 4 is 21.7 Å². The molecule has 0 atom stereocenters. The van der Waals surface area contributed by atoms with Crippen molar-refractivity contribution in [1.82, 2.24) is 0 Å². The smallest absolute Gasteiger partial charge is 0.169 e. The van der Waals surface area contributed by atoms with Crippen molar-refractivity contribution in [2.75, 3.05) is 13.2 Å². The Morgan fingerprint density at radius 2 is 2.16 bits per heavy atom. The van der Waals surface area contributed by atoms with Gasteiger partial charge in [-0.2, -0.15) is 0 Å². The van der Waals surface area contributed by atoms with Crippen molar-refractivity contribution in [2.24, 2.45) is 0 Å². The van der Waals surface area contributed by atoms with Gasteiger partial charge in [-0.15, -0.1) is 0 Å². The van der Waals surface area contributed by atoms with E-state index in [-0.39, 0.29) is 23.9 Å². The lowest BCUT2D eigenvalue weighted by atomic mass is 10.1. The molecule has 0 aromatic heterocycles. The Morgan fingerprint density at radius 1 is 1.47 bits per heavy atom. The van der Waals surface area contributed by atoms with Crippen LogP contribution in [0.25, 0.3) is 0 Å². The van der Waals surface area contributed by atoms with Crippen LogP contribution in [0.1, 0.15) is 36.5 Å². The van der Waals surface area contributed by atoms with E-state index in [1.165, 1.54) is 6.07 Å². The van der Waals surface area contributed by atoms with Crippen molar-refractivity contribution in [3.05, 3.63) is 28.0 Å². The highest BCUT2D eigenvalue weighted by atomic mass is 79.9. The van der Waals surface area contributed by atoms with Gasteiger partial charge in [-0.25, -0.2) is 4.39 Å². The molecular formula is C14H16BrFO3. The number of benzene rings is 1. The predicted molar refractivity (Wildman–Crippen MR) is 73.2 cm³/mol. The van der Waals surface area contributed by atoms with E-state index < -0.39 is 5.82 Å². The molecule has 19 heavy (non-hydrogen) atoms. The van der Waals surface area contributed by atoms with Crippen molar-refractivity contribution < 1.29 is 18.7 Å². The molecule has 1 saturated heterocycles. The molecule has 1 fully saturated rings. The van der Waals surface area contributed by atoms with Gasteiger partial charge in [-0.3, -0.25) is 4.79 Å². The van der Waals surface area contributed by atoms with Crippen molar-refractivity contribution in [3.63, 3.8) is 0 Å². The normalized spacial score (nSPS) is 16.4. The summed E-state index contributed by atoms with van der Waals surface area (Å²) in [6, 6.07) is 2.95. The van der Waals surface area contributed by atoms with E-state index in [0.29, 0.717) is 23.4 Å². The van der Waals surface area contributed by atoms with Gasteiger partial charge in [0.2, 0.25) is 0 Å². The molecule has 1 aromatic rings. The molecule has 1 aromatic carbocycles. The summed E-state index contributed by atoms with van der Waals surface area (Å²) in [4.78, 5) is 11.8. The molecule has 0 N–H and O–H groups in total. The van der Waals surface area contributed by atoms with Gasteiger partial charge in [0, 0.05) is 23.7 Å². The van der Waals surface area contributed by atoms with E-state index in [2.05, 4.69) is 15.9 Å². The second kappa shape index (κ2) is 6.48. The summed E-state index contributed by atoms with van der Waals surface area (Å²) in [7, 11) is 0. The molecule has 0 amide bonds. The minimum atomic E-state index is -0.539. The van der Waals surface area contributed by atoms with Crippen LogP contribution in [-0.4, -0.2) is 25.1 Å². The van der Waals surface area contributed by atoms with Crippen molar-refractivity contribution in [1.29, 1.82) is 0 Å². The summed E-state index contributed by atoms with van der Waals surface area (Å²) in [5, 5.41) is 0. The molecule has 3 nitrogen and oxygen atoms in total. The number of Topliss-reactive ketones (excluding diaryl/α,β-unsaturated/α-hetero) is 1. The number of carbonyl (C=O) groups excluding carboxylic acids is 1. The van der Waals surface area contributed by atoms with Crippen LogP contribution >= 0.6 is 15.9 Å². The molecule has 0 spiro atoms. The molecule has 1 aliphatic rings. The summed E-state index contributed by atoms with van der Waals surface area (Å²) in [5.41, 5.74) is 0.0530. The van der Waals surface area contributed by atoms with Crippen molar-refractivity contribution in [2.45, 2.75) is 32.3 Å². The first kappa shape index (κ1) is 14.5. The zero-order valence-corrected chi connectivity index (χ0v) is 12.3. The summed E-state index contributed by atoms with van der Waals surface area (Å²) in [6.45, 7) is 2.98. The minimum Gasteiger partial charge on any atom is -0.489 e. The molecular weight excluding hydrogens is 315 g/mol. The number of ketones is 1. The molecule has 0 aliphatic carbocycles. The number of carbonyl (C=O) groups is 1. The maximum Gasteiger partial charge on any atom is 0.169 e. The topological polar surface area (TPSA) is 35.5 Å². The van der Waals surface area contributed by atoms with E-state index in [9.17, 15) is 9.18 Å². The highest BCUT2D eigenvalue weighted by Crippen LogP contribution is 2.30. The Kier molecular flexibility index (Phi) is 4.93. The zero-order chi connectivity index (χ0) is 13.8. The third-order valence-electron chi connectivity index (χ3n) is 3.08. The molecule has 0 unspecified atom stereocenters. The van der Waals surface area contributed by atoms with Crippen molar-refractivity contribution in [3.8, 4) is 5.75 Å². The largest absolute Gasteiger partial charge is 0.489 e. The standard InChI is InChI=1S/C14H16BrFO3/c1-2-12(17)14-11(16)7-9(15)8-13(14)19-10-3-5-18-6-4-10/h7-8,10H,2-6H2,1H3. The van der Waals surface area contributed by atoms with Gasteiger partial charge < -0.3 is 9.47 Å². The average molecular weight is 331 g/mol. The van der Waals surface area contributed by atoms with Crippen LogP contribution in [0, 0.1) is 5.82 Å². The number of hydrogen-bond donors (Lipinski definition) is 0. The number of ether oxygens (including phenoxy) is 2. The van der Waals surface area contributed by atoms with Gasteiger partial charge in [0.25, 0.3) is 0 Å². The van der Waals surface area contributed by atoms with Gasteiger partial charge in [0.15, 0.2) is 5.78 Å². The lowest BCUT2D eigenvalue weighted by Gasteiger charge is -2.24. The molecule has 0 saturated carbocycles. The van der Waals surface area contributed by atoms with Gasteiger partial charge in [0.05, 0.1) is 18.8 Å². The first-order valence-corrected chi connectivity index (χ1v) is 7.17. The van der Waals surface area contributed by atoms with E-state index in [4.69, 9.17) is 9.47 Å². The summed E-state index contributed by atoms with van der Waals surface area (Å²) >= 11 is 3.23. The first-order chi connectivity index (χ1) is 9.11. The zero-order valence-electron chi connectivity index (χ0n) is 10.7. The van der Waals surface area contributed by atoms with Crippen LogP contribution in [0.5, 0.6) is 5.75 Å². The van der Waals surface area contributed by atoms with Crippen LogP contribution in [0.3, 0.4) is 0 Å². The lowest BCUT2D eigenvalue weighted by Crippen LogP contribution is -2.26. The van der Waals surface area contributed by atoms with E-state index >= 15 is 0 Å². The van der Waals surface area contributed by atoms with Crippen LogP contribution in [0.15, 0.2) is 16.6 Å². The van der Waals surface area contributed by atoms with Gasteiger partial charge in [0.1, 0.15) is 17.7 Å². The maximum atomic E-state index is 13.9. The molecule has 104 valence electrons. The highest BCUT2D eigenvalue weighted by molar-refractivity contribution is 9.10. The fourth-order valence-electron chi connectivity index (χ4n) is 2.06. The van der Waals surface area contributed by atoms with Crippen LogP contribution in [0.4, 0.5) is 4.39 Å². The average Bonchev–Trinajstić information content (AvgIpc) is 2.38. The fourth-order valence-corrected chi connectivity index (χ4v) is 2.47. The summed E-state index contributed by atoms with van der Waals surface area (Å²) in [5.74, 6) is -0.457. The molecule has 0 bridgehead atoms. The Bertz CT molecular complexity index is 470. The Balaban J connectivity index is 2.28.